The van der Waals surface area contributed by atoms with Crippen LogP contribution in [0, 0.1) is 0 Å². The molecule has 0 N–H and O–H groups in total. The van der Waals surface area contributed by atoms with E-state index in [2.05, 4.69) is 4.74 Å². The summed E-state index contributed by atoms with van der Waals surface area (Å²) in [6.45, 7) is 0.991. The highest BCUT2D eigenvalue weighted by Gasteiger charge is 2.36. The molecule has 0 aromatic heterocycles. The van der Waals surface area contributed by atoms with Crippen LogP contribution >= 0.6 is 0 Å². The average molecular weight is 204 g/mol. The molecular formula is C10H11F3O. The Morgan fingerprint density at radius 1 is 1.21 bits per heavy atom. The van der Waals surface area contributed by atoms with E-state index in [0.717, 1.165) is 12.5 Å². The molecule has 14 heavy (non-hydrogen) atoms. The summed E-state index contributed by atoms with van der Waals surface area (Å²) in [6, 6.07) is 8.77. The van der Waals surface area contributed by atoms with Gasteiger partial charge in [0.25, 0.3) is 0 Å². The van der Waals surface area contributed by atoms with Crippen LogP contribution in [0.2, 0.25) is 0 Å². The van der Waals surface area contributed by atoms with Crippen LogP contribution in [-0.4, -0.2) is 12.3 Å². The predicted octanol–water partition coefficient (Wildman–Crippen LogP) is 3.15. The first-order chi connectivity index (χ1) is 6.50. The number of alkyl halides is 3. The Morgan fingerprint density at radius 2 is 1.79 bits per heavy atom. The van der Waals surface area contributed by atoms with Crippen LogP contribution in [0.25, 0.3) is 0 Å². The van der Waals surface area contributed by atoms with Crippen LogP contribution in [-0.2, 0) is 11.3 Å². The molecule has 1 aromatic rings. The minimum Gasteiger partial charge on any atom is -0.364 e. The molecule has 1 rings (SSSR count). The SMILES string of the molecule is CC(OCc1ccccc1)C(F)(F)F. The average Bonchev–Trinajstić information content (AvgIpc) is 2.14. The maximum Gasteiger partial charge on any atom is 0.414 e. The van der Waals surface area contributed by atoms with E-state index in [1.54, 1.807) is 30.3 Å². The lowest BCUT2D eigenvalue weighted by atomic mass is 10.2. The molecule has 1 unspecified atom stereocenters. The van der Waals surface area contributed by atoms with Crippen molar-refractivity contribution in [3.05, 3.63) is 35.9 Å². The van der Waals surface area contributed by atoms with Gasteiger partial charge in [-0.05, 0) is 12.5 Å². The molecule has 0 radical (unpaired) electrons. The van der Waals surface area contributed by atoms with E-state index in [1.165, 1.54) is 0 Å². The third-order valence-corrected chi connectivity index (χ3v) is 1.80. The number of hydrogen-bond acceptors (Lipinski definition) is 1. The molecule has 4 heteroatoms. The maximum absolute atomic E-state index is 12.0. The van der Waals surface area contributed by atoms with Crippen molar-refractivity contribution < 1.29 is 17.9 Å². The summed E-state index contributed by atoms with van der Waals surface area (Å²) in [5.74, 6) is 0. The molecule has 0 heterocycles. The quantitative estimate of drug-likeness (QED) is 0.734. The number of hydrogen-bond donors (Lipinski definition) is 0. The largest absolute Gasteiger partial charge is 0.414 e. The minimum atomic E-state index is -4.28. The number of ether oxygens (including phenoxy) is 1. The van der Waals surface area contributed by atoms with Crippen molar-refractivity contribution in [2.75, 3.05) is 0 Å². The minimum absolute atomic E-state index is 0.0124. The standard InChI is InChI=1S/C10H11F3O/c1-8(10(11,12)13)14-7-9-5-3-2-4-6-9/h2-6,8H,7H2,1H3. The molecule has 0 bridgehead atoms. The van der Waals surface area contributed by atoms with Crippen molar-refractivity contribution in [3.63, 3.8) is 0 Å². The van der Waals surface area contributed by atoms with Crippen LogP contribution in [0.15, 0.2) is 30.3 Å². The van der Waals surface area contributed by atoms with E-state index in [-0.39, 0.29) is 6.61 Å². The summed E-state index contributed by atoms with van der Waals surface area (Å²) in [7, 11) is 0. The van der Waals surface area contributed by atoms with Crippen molar-refractivity contribution in [2.45, 2.75) is 25.8 Å². The van der Waals surface area contributed by atoms with Gasteiger partial charge in [-0.2, -0.15) is 13.2 Å². The van der Waals surface area contributed by atoms with Crippen LogP contribution in [0.1, 0.15) is 12.5 Å². The molecule has 0 aliphatic rings. The Bertz CT molecular complexity index is 268. The van der Waals surface area contributed by atoms with Gasteiger partial charge in [-0.25, -0.2) is 0 Å². The summed E-state index contributed by atoms with van der Waals surface area (Å²) >= 11 is 0. The summed E-state index contributed by atoms with van der Waals surface area (Å²) in [4.78, 5) is 0. The van der Waals surface area contributed by atoms with Gasteiger partial charge < -0.3 is 4.74 Å². The van der Waals surface area contributed by atoms with Crippen LogP contribution in [0.4, 0.5) is 13.2 Å². The molecule has 0 fully saturated rings. The first kappa shape index (κ1) is 11.0. The summed E-state index contributed by atoms with van der Waals surface area (Å²) in [6.07, 6.45) is -6.00. The van der Waals surface area contributed by atoms with E-state index < -0.39 is 12.3 Å². The lowest BCUT2D eigenvalue weighted by Gasteiger charge is -2.16. The molecule has 1 atom stereocenters. The normalized spacial score (nSPS) is 14.0. The third-order valence-electron chi connectivity index (χ3n) is 1.80. The first-order valence-electron chi connectivity index (χ1n) is 4.22. The number of halogens is 3. The van der Waals surface area contributed by atoms with Gasteiger partial charge in [0.05, 0.1) is 6.61 Å². The second-order valence-corrected chi connectivity index (χ2v) is 2.98. The monoisotopic (exact) mass is 204 g/mol. The smallest absolute Gasteiger partial charge is 0.364 e. The second-order valence-electron chi connectivity index (χ2n) is 2.98. The summed E-state index contributed by atoms with van der Waals surface area (Å²) in [5, 5.41) is 0. The molecule has 0 aliphatic carbocycles. The maximum atomic E-state index is 12.0. The molecule has 0 spiro atoms. The zero-order valence-electron chi connectivity index (χ0n) is 7.71. The van der Waals surface area contributed by atoms with E-state index in [1.807, 2.05) is 0 Å². The zero-order valence-corrected chi connectivity index (χ0v) is 7.71. The first-order valence-corrected chi connectivity index (χ1v) is 4.22. The molecule has 0 amide bonds. The van der Waals surface area contributed by atoms with Crippen molar-refractivity contribution in [1.29, 1.82) is 0 Å². The third kappa shape index (κ3) is 3.38. The van der Waals surface area contributed by atoms with E-state index >= 15 is 0 Å². The van der Waals surface area contributed by atoms with E-state index in [4.69, 9.17) is 0 Å². The van der Waals surface area contributed by atoms with Gasteiger partial charge in [0, 0.05) is 0 Å². The van der Waals surface area contributed by atoms with Gasteiger partial charge >= 0.3 is 6.18 Å². The topological polar surface area (TPSA) is 9.23 Å². The molecule has 1 aromatic carbocycles. The second kappa shape index (κ2) is 4.46. The highest BCUT2D eigenvalue weighted by molar-refractivity contribution is 5.13. The van der Waals surface area contributed by atoms with Gasteiger partial charge in [-0.1, -0.05) is 30.3 Å². The van der Waals surface area contributed by atoms with E-state index in [0.29, 0.717) is 0 Å². The molecule has 0 saturated carbocycles. The van der Waals surface area contributed by atoms with Crippen molar-refractivity contribution in [2.24, 2.45) is 0 Å². The van der Waals surface area contributed by atoms with Crippen molar-refractivity contribution in [1.82, 2.24) is 0 Å². The molecule has 0 aliphatic heterocycles. The zero-order chi connectivity index (χ0) is 10.6. The predicted molar refractivity (Wildman–Crippen MR) is 46.7 cm³/mol. The Balaban J connectivity index is 2.42. The van der Waals surface area contributed by atoms with Crippen LogP contribution in [0.5, 0.6) is 0 Å². The Labute approximate surface area is 80.5 Å². The lowest BCUT2D eigenvalue weighted by molar-refractivity contribution is -0.217. The molecule has 0 saturated heterocycles. The van der Waals surface area contributed by atoms with E-state index in [9.17, 15) is 13.2 Å². The highest BCUT2D eigenvalue weighted by atomic mass is 19.4. The summed E-state index contributed by atoms with van der Waals surface area (Å²) < 4.78 is 40.7. The van der Waals surface area contributed by atoms with Crippen LogP contribution < -0.4 is 0 Å². The van der Waals surface area contributed by atoms with Gasteiger partial charge in [0.15, 0.2) is 6.10 Å². The number of rotatable bonds is 3. The van der Waals surface area contributed by atoms with Crippen molar-refractivity contribution >= 4 is 0 Å². The molecular weight excluding hydrogens is 193 g/mol. The number of benzene rings is 1. The fourth-order valence-corrected chi connectivity index (χ4v) is 0.890. The Hall–Kier alpha value is -1.03. The van der Waals surface area contributed by atoms with Gasteiger partial charge in [0.2, 0.25) is 0 Å². The van der Waals surface area contributed by atoms with Crippen LogP contribution in [0.3, 0.4) is 0 Å². The van der Waals surface area contributed by atoms with Crippen molar-refractivity contribution in [3.8, 4) is 0 Å². The molecule has 1 nitrogen and oxygen atoms in total. The van der Waals surface area contributed by atoms with Gasteiger partial charge in [-0.3, -0.25) is 0 Å². The fourth-order valence-electron chi connectivity index (χ4n) is 0.890. The highest BCUT2D eigenvalue weighted by Crippen LogP contribution is 2.23. The Morgan fingerprint density at radius 3 is 2.29 bits per heavy atom. The Kier molecular flexibility index (Phi) is 3.52. The molecule has 78 valence electrons. The fraction of sp³-hybridized carbons (Fsp3) is 0.400. The van der Waals surface area contributed by atoms with Gasteiger partial charge in [0.1, 0.15) is 0 Å². The van der Waals surface area contributed by atoms with Gasteiger partial charge in [-0.15, -0.1) is 0 Å². The lowest BCUT2D eigenvalue weighted by Crippen LogP contribution is -2.28. The summed E-state index contributed by atoms with van der Waals surface area (Å²) in [5.41, 5.74) is 0.739.